The van der Waals surface area contributed by atoms with Gasteiger partial charge in [-0.3, -0.25) is 0 Å². The highest BCUT2D eigenvalue weighted by molar-refractivity contribution is 7.91. The first kappa shape index (κ1) is 27.8. The van der Waals surface area contributed by atoms with Crippen LogP contribution in [0.25, 0.3) is 0 Å². The number of carbonyl (C=O) groups is 1. The number of benzene rings is 1. The van der Waals surface area contributed by atoms with Crippen LogP contribution in [-0.4, -0.2) is 51.3 Å². The fourth-order valence-electron chi connectivity index (χ4n) is 3.26. The molecular weight excluding hydrogens is 483 g/mol. The van der Waals surface area contributed by atoms with E-state index in [0.717, 1.165) is 12.8 Å². The Balaban J connectivity index is 2.52. The fourth-order valence-corrected chi connectivity index (χ4v) is 4.28. The lowest BCUT2D eigenvalue weighted by molar-refractivity contribution is 0.0194. The Kier molecular flexibility index (Phi) is 9.57. The highest BCUT2D eigenvalue weighted by Gasteiger charge is 2.35. The summed E-state index contributed by atoms with van der Waals surface area (Å²) in [5.74, 6) is 0.296. The SMILES string of the molecule is C=CCOc1cc(Cl)c(Cl)cc1/C(=N/[S+]([O-])C(C)(C)C)[C@@H]1CCCN(C(=O)OC(C)(C)C)C1. The largest absolute Gasteiger partial charge is 0.591 e. The molecule has 1 fully saturated rings. The minimum absolute atomic E-state index is 0.180. The molecule has 9 heteroatoms. The zero-order chi connectivity index (χ0) is 25.0. The van der Waals surface area contributed by atoms with Gasteiger partial charge in [0.1, 0.15) is 39.8 Å². The predicted molar refractivity (Wildman–Crippen MR) is 137 cm³/mol. The second-order valence-corrected chi connectivity index (χ2v) is 12.7. The van der Waals surface area contributed by atoms with E-state index in [4.69, 9.17) is 32.7 Å². The number of hydrogen-bond acceptors (Lipinski definition) is 5. The Hall–Kier alpha value is -1.41. The van der Waals surface area contributed by atoms with Gasteiger partial charge in [0.25, 0.3) is 0 Å². The highest BCUT2D eigenvalue weighted by atomic mass is 35.5. The first-order valence-corrected chi connectivity index (χ1v) is 12.8. The summed E-state index contributed by atoms with van der Waals surface area (Å²) in [4.78, 5) is 14.4. The van der Waals surface area contributed by atoms with Gasteiger partial charge < -0.3 is 18.9 Å². The van der Waals surface area contributed by atoms with Crippen molar-refractivity contribution in [1.82, 2.24) is 4.90 Å². The molecule has 6 nitrogen and oxygen atoms in total. The van der Waals surface area contributed by atoms with Crippen molar-refractivity contribution in [2.45, 2.75) is 64.7 Å². The summed E-state index contributed by atoms with van der Waals surface area (Å²) in [6, 6.07) is 3.32. The second-order valence-electron chi connectivity index (χ2n) is 9.97. The maximum Gasteiger partial charge on any atom is 0.410 e. The van der Waals surface area contributed by atoms with E-state index in [2.05, 4.69) is 11.0 Å². The third-order valence-electron chi connectivity index (χ3n) is 4.82. The topological polar surface area (TPSA) is 74.2 Å². The van der Waals surface area contributed by atoms with Gasteiger partial charge >= 0.3 is 6.09 Å². The van der Waals surface area contributed by atoms with E-state index < -0.39 is 21.7 Å². The Bertz CT molecular complexity index is 894. The molecule has 0 aromatic heterocycles. The molecule has 0 aliphatic carbocycles. The van der Waals surface area contributed by atoms with Crippen LogP contribution >= 0.6 is 23.2 Å². The average molecular weight is 518 g/mol. The van der Waals surface area contributed by atoms with Crippen LogP contribution in [0.15, 0.2) is 29.2 Å². The smallest absolute Gasteiger partial charge is 0.410 e. The molecule has 33 heavy (non-hydrogen) atoms. The number of rotatable bonds is 6. The van der Waals surface area contributed by atoms with E-state index in [1.807, 2.05) is 41.5 Å². The number of likely N-dealkylation sites (tertiary alicyclic amines) is 1. The molecular formula is C24H34Cl2N2O4S. The number of carbonyl (C=O) groups excluding carboxylic acids is 1. The molecule has 1 amide bonds. The Morgan fingerprint density at radius 3 is 2.48 bits per heavy atom. The van der Waals surface area contributed by atoms with E-state index >= 15 is 0 Å². The Morgan fingerprint density at radius 2 is 1.91 bits per heavy atom. The maximum absolute atomic E-state index is 13.1. The maximum atomic E-state index is 13.1. The number of hydrogen-bond donors (Lipinski definition) is 0. The lowest BCUT2D eigenvalue weighted by Gasteiger charge is -2.35. The number of halogens is 2. The van der Waals surface area contributed by atoms with E-state index in [1.54, 1.807) is 23.1 Å². The molecule has 1 aromatic rings. The Morgan fingerprint density at radius 1 is 1.27 bits per heavy atom. The van der Waals surface area contributed by atoms with Crippen molar-refractivity contribution in [2.24, 2.45) is 10.3 Å². The van der Waals surface area contributed by atoms with Crippen molar-refractivity contribution in [3.05, 3.63) is 40.4 Å². The zero-order valence-corrected chi connectivity index (χ0v) is 22.6. The van der Waals surface area contributed by atoms with Gasteiger partial charge in [-0.2, -0.15) is 0 Å². The average Bonchev–Trinajstić information content (AvgIpc) is 2.70. The van der Waals surface area contributed by atoms with Crippen molar-refractivity contribution < 1.29 is 18.8 Å². The predicted octanol–water partition coefficient (Wildman–Crippen LogP) is 6.46. The third-order valence-corrected chi connectivity index (χ3v) is 6.95. The molecule has 1 heterocycles. The first-order valence-electron chi connectivity index (χ1n) is 10.9. The van der Waals surface area contributed by atoms with Crippen LogP contribution in [0.3, 0.4) is 0 Å². The lowest BCUT2D eigenvalue weighted by atomic mass is 9.89. The second kappa shape index (κ2) is 11.3. The van der Waals surface area contributed by atoms with Gasteiger partial charge in [0.05, 0.1) is 10.0 Å². The number of piperidine rings is 1. The van der Waals surface area contributed by atoms with Crippen molar-refractivity contribution in [3.63, 3.8) is 0 Å². The number of amides is 1. The first-order chi connectivity index (χ1) is 15.2. The van der Waals surface area contributed by atoms with Gasteiger partial charge in [0, 0.05) is 30.6 Å². The van der Waals surface area contributed by atoms with Crippen LogP contribution in [0.1, 0.15) is 59.9 Å². The van der Waals surface area contributed by atoms with Crippen LogP contribution in [0.5, 0.6) is 5.75 Å². The van der Waals surface area contributed by atoms with Crippen LogP contribution in [0.2, 0.25) is 10.0 Å². The number of ether oxygens (including phenoxy) is 2. The summed E-state index contributed by atoms with van der Waals surface area (Å²) in [6.07, 6.45) is 2.78. The van der Waals surface area contributed by atoms with Gasteiger partial charge in [-0.25, -0.2) is 4.79 Å². The van der Waals surface area contributed by atoms with E-state index in [1.165, 1.54) is 0 Å². The molecule has 2 rings (SSSR count). The van der Waals surface area contributed by atoms with E-state index in [9.17, 15) is 9.35 Å². The summed E-state index contributed by atoms with van der Waals surface area (Å²) in [5, 5.41) is 0.682. The molecule has 0 saturated carbocycles. The molecule has 2 atom stereocenters. The molecule has 0 radical (unpaired) electrons. The summed E-state index contributed by atoms with van der Waals surface area (Å²) in [5.41, 5.74) is 0.596. The van der Waals surface area contributed by atoms with Crippen molar-refractivity contribution in [1.29, 1.82) is 0 Å². The number of nitrogens with zero attached hydrogens (tertiary/aromatic N) is 2. The monoisotopic (exact) mass is 516 g/mol. The van der Waals surface area contributed by atoms with Gasteiger partial charge in [0.15, 0.2) is 0 Å². The van der Waals surface area contributed by atoms with Gasteiger partial charge in [-0.05, 0) is 60.5 Å². The van der Waals surface area contributed by atoms with E-state index in [0.29, 0.717) is 40.2 Å². The van der Waals surface area contributed by atoms with Crippen molar-refractivity contribution >= 4 is 46.4 Å². The molecule has 184 valence electrons. The van der Waals surface area contributed by atoms with Gasteiger partial charge in [0.2, 0.25) is 0 Å². The molecule has 0 spiro atoms. The quantitative estimate of drug-likeness (QED) is 0.247. The Labute approximate surface area is 210 Å². The van der Waals surface area contributed by atoms with Crippen LogP contribution < -0.4 is 4.74 Å². The van der Waals surface area contributed by atoms with Crippen LogP contribution in [-0.2, 0) is 16.1 Å². The summed E-state index contributed by atoms with van der Waals surface area (Å²) in [6.45, 7) is 16.0. The van der Waals surface area contributed by atoms with E-state index in [-0.39, 0.29) is 18.6 Å². The van der Waals surface area contributed by atoms with Gasteiger partial charge in [-0.1, -0.05) is 40.3 Å². The zero-order valence-electron chi connectivity index (χ0n) is 20.2. The summed E-state index contributed by atoms with van der Waals surface area (Å²) in [7, 11) is 0. The normalized spacial score (nSPS) is 18.6. The summed E-state index contributed by atoms with van der Waals surface area (Å²) < 4.78 is 28.6. The molecule has 1 aliphatic heterocycles. The molecule has 1 unspecified atom stereocenters. The summed E-state index contributed by atoms with van der Waals surface area (Å²) >= 11 is 11.1. The lowest BCUT2D eigenvalue weighted by Crippen LogP contribution is -2.45. The molecule has 1 aromatic carbocycles. The minimum atomic E-state index is -1.53. The third kappa shape index (κ3) is 8.09. The van der Waals surface area contributed by atoms with Crippen LogP contribution in [0, 0.1) is 5.92 Å². The minimum Gasteiger partial charge on any atom is -0.591 e. The molecule has 0 bridgehead atoms. The standard InChI is InChI=1S/C24H34Cl2N2O4S/c1-8-12-31-20-14-19(26)18(25)13-17(20)21(27-33(30)24(5,6)7)16-10-9-11-28(15-16)22(29)32-23(2,3)4/h8,13-14,16H,1,9-12,15H2,2-7H3/b27-21+/t16-,33?/m1/s1. The van der Waals surface area contributed by atoms with Crippen LogP contribution in [0.4, 0.5) is 4.79 Å². The van der Waals surface area contributed by atoms with Crippen molar-refractivity contribution in [3.8, 4) is 5.75 Å². The molecule has 1 saturated heterocycles. The molecule has 1 aliphatic rings. The highest BCUT2D eigenvalue weighted by Crippen LogP contribution is 2.35. The van der Waals surface area contributed by atoms with Gasteiger partial charge in [-0.15, -0.1) is 0 Å². The van der Waals surface area contributed by atoms with Crippen molar-refractivity contribution in [2.75, 3.05) is 19.7 Å². The molecule has 0 N–H and O–H groups in total. The fraction of sp³-hybridized carbons (Fsp3) is 0.583.